The number of carbonyl (C=O) groups is 2. The Morgan fingerprint density at radius 1 is 1.09 bits per heavy atom. The fourth-order valence-electron chi connectivity index (χ4n) is 2.51. The number of anilines is 2. The van der Waals surface area contributed by atoms with E-state index in [4.69, 9.17) is 0 Å². The van der Waals surface area contributed by atoms with Gasteiger partial charge in [-0.05, 0) is 31.2 Å². The Kier molecular flexibility index (Phi) is 3.82. The van der Waals surface area contributed by atoms with E-state index in [9.17, 15) is 18.4 Å². The molecule has 1 atom stereocenters. The summed E-state index contributed by atoms with van der Waals surface area (Å²) < 4.78 is 26.8. The summed E-state index contributed by atoms with van der Waals surface area (Å²) in [5, 5.41) is 2.97. The smallest absolute Gasteiger partial charge is 0.256 e. The fourth-order valence-corrected chi connectivity index (χ4v) is 2.51. The van der Waals surface area contributed by atoms with Crippen LogP contribution >= 0.6 is 0 Å². The third-order valence-electron chi connectivity index (χ3n) is 3.69. The molecule has 3 rings (SSSR count). The van der Waals surface area contributed by atoms with Gasteiger partial charge in [0, 0.05) is 11.8 Å². The van der Waals surface area contributed by atoms with Gasteiger partial charge in [-0.15, -0.1) is 0 Å². The van der Waals surface area contributed by atoms with E-state index in [-0.39, 0.29) is 12.1 Å². The summed E-state index contributed by atoms with van der Waals surface area (Å²) in [7, 11) is 0. The molecule has 1 unspecified atom stereocenters. The molecule has 1 saturated heterocycles. The molecular weight excluding hydrogens is 302 g/mol. The lowest BCUT2D eigenvalue weighted by Gasteiger charge is -2.16. The average molecular weight is 316 g/mol. The van der Waals surface area contributed by atoms with E-state index in [2.05, 4.69) is 5.32 Å². The Labute approximate surface area is 131 Å². The molecule has 2 aromatic rings. The quantitative estimate of drug-likeness (QED) is 0.886. The molecule has 1 N–H and O–H groups in total. The normalized spacial score (nSPS) is 17.7. The molecule has 0 radical (unpaired) electrons. The molecule has 1 fully saturated rings. The molecular formula is C17H14F2N2O2. The largest absolute Gasteiger partial charge is 0.373 e. The summed E-state index contributed by atoms with van der Waals surface area (Å²) in [6.45, 7) is 1.94. The minimum absolute atomic E-state index is 0.0798. The molecule has 4 nitrogen and oxygen atoms in total. The Morgan fingerprint density at radius 3 is 2.43 bits per heavy atom. The Balaban J connectivity index is 1.83. The summed E-state index contributed by atoms with van der Waals surface area (Å²) in [6, 6.07) is 9.34. The van der Waals surface area contributed by atoms with Crippen molar-refractivity contribution < 1.29 is 18.4 Å². The molecule has 118 valence electrons. The predicted molar refractivity (Wildman–Crippen MR) is 82.1 cm³/mol. The maximum atomic E-state index is 13.8. The van der Waals surface area contributed by atoms with Crippen LogP contribution in [-0.4, -0.2) is 17.9 Å². The van der Waals surface area contributed by atoms with Gasteiger partial charge in [0.15, 0.2) is 0 Å². The molecule has 0 aromatic heterocycles. The van der Waals surface area contributed by atoms with Gasteiger partial charge < -0.3 is 5.32 Å². The second-order valence-electron chi connectivity index (χ2n) is 5.43. The average Bonchev–Trinajstić information content (AvgIpc) is 2.77. The van der Waals surface area contributed by atoms with Crippen molar-refractivity contribution >= 4 is 23.2 Å². The highest BCUT2D eigenvalue weighted by Gasteiger charge is 2.40. The first-order valence-corrected chi connectivity index (χ1v) is 7.11. The summed E-state index contributed by atoms with van der Waals surface area (Å²) >= 11 is 0. The van der Waals surface area contributed by atoms with Crippen molar-refractivity contribution in [2.45, 2.75) is 19.4 Å². The highest BCUT2D eigenvalue weighted by Crippen LogP contribution is 2.27. The molecule has 1 aliphatic rings. The minimum atomic E-state index is -0.942. The van der Waals surface area contributed by atoms with E-state index in [1.165, 1.54) is 0 Å². The topological polar surface area (TPSA) is 49.4 Å². The monoisotopic (exact) mass is 316 g/mol. The van der Waals surface area contributed by atoms with Crippen LogP contribution in [0.15, 0.2) is 42.5 Å². The van der Waals surface area contributed by atoms with Gasteiger partial charge in [-0.1, -0.05) is 17.7 Å². The van der Waals surface area contributed by atoms with Gasteiger partial charge in [0.1, 0.15) is 17.7 Å². The molecule has 2 amide bonds. The van der Waals surface area contributed by atoms with Crippen LogP contribution in [0.3, 0.4) is 0 Å². The SMILES string of the molecule is Cc1ccc(NC2CC(=O)N(c3ccc(F)cc3F)C2=O)cc1. The number of nitrogens with one attached hydrogen (secondary N) is 1. The van der Waals surface area contributed by atoms with Gasteiger partial charge in [0.2, 0.25) is 5.91 Å². The van der Waals surface area contributed by atoms with E-state index in [1.54, 1.807) is 12.1 Å². The molecule has 6 heteroatoms. The standard InChI is InChI=1S/C17H14F2N2O2/c1-10-2-5-12(6-3-10)20-14-9-16(22)21(17(14)23)15-7-4-11(18)8-13(15)19/h2-8,14,20H,9H2,1H3. The molecule has 1 aliphatic heterocycles. The van der Waals surface area contributed by atoms with Gasteiger partial charge in [-0.3, -0.25) is 9.59 Å². The maximum Gasteiger partial charge on any atom is 0.256 e. The summed E-state index contributed by atoms with van der Waals surface area (Å²) in [6.07, 6.45) is -0.0798. The van der Waals surface area contributed by atoms with Crippen molar-refractivity contribution in [3.8, 4) is 0 Å². The molecule has 0 spiro atoms. The zero-order valence-corrected chi connectivity index (χ0v) is 12.3. The number of imide groups is 1. The second kappa shape index (κ2) is 5.79. The lowest BCUT2D eigenvalue weighted by atomic mass is 10.2. The third-order valence-corrected chi connectivity index (χ3v) is 3.69. The summed E-state index contributed by atoms with van der Waals surface area (Å²) in [5.74, 6) is -2.78. The van der Waals surface area contributed by atoms with Crippen molar-refractivity contribution in [3.05, 3.63) is 59.7 Å². The van der Waals surface area contributed by atoms with Crippen LogP contribution in [0.1, 0.15) is 12.0 Å². The van der Waals surface area contributed by atoms with Gasteiger partial charge in [0.05, 0.1) is 12.1 Å². The fraction of sp³-hybridized carbons (Fsp3) is 0.176. The van der Waals surface area contributed by atoms with Crippen LogP contribution in [-0.2, 0) is 9.59 Å². The zero-order chi connectivity index (χ0) is 16.6. The number of carbonyl (C=O) groups excluding carboxylic acids is 2. The number of rotatable bonds is 3. The van der Waals surface area contributed by atoms with Crippen molar-refractivity contribution in [3.63, 3.8) is 0 Å². The van der Waals surface area contributed by atoms with Gasteiger partial charge >= 0.3 is 0 Å². The summed E-state index contributed by atoms with van der Waals surface area (Å²) in [4.78, 5) is 25.3. The van der Waals surface area contributed by atoms with Gasteiger partial charge in [0.25, 0.3) is 5.91 Å². The van der Waals surface area contributed by atoms with Crippen LogP contribution in [0.5, 0.6) is 0 Å². The van der Waals surface area contributed by atoms with Gasteiger partial charge in [-0.25, -0.2) is 13.7 Å². The first kappa shape index (κ1) is 15.1. The van der Waals surface area contributed by atoms with Crippen LogP contribution in [0.25, 0.3) is 0 Å². The number of amides is 2. The Hall–Kier alpha value is -2.76. The molecule has 0 bridgehead atoms. The lowest BCUT2D eigenvalue weighted by Crippen LogP contribution is -2.35. The van der Waals surface area contributed by atoms with Crippen molar-refractivity contribution in [2.24, 2.45) is 0 Å². The van der Waals surface area contributed by atoms with Crippen molar-refractivity contribution in [1.29, 1.82) is 0 Å². The van der Waals surface area contributed by atoms with Gasteiger partial charge in [-0.2, -0.15) is 0 Å². The first-order chi connectivity index (χ1) is 11.0. The number of hydrogen-bond acceptors (Lipinski definition) is 3. The highest BCUT2D eigenvalue weighted by molar-refractivity contribution is 6.23. The molecule has 2 aromatic carbocycles. The second-order valence-corrected chi connectivity index (χ2v) is 5.43. The number of hydrogen-bond donors (Lipinski definition) is 1. The highest BCUT2D eigenvalue weighted by atomic mass is 19.1. The van der Waals surface area contributed by atoms with E-state index in [0.29, 0.717) is 11.8 Å². The molecule has 0 aliphatic carbocycles. The summed E-state index contributed by atoms with van der Waals surface area (Å²) in [5.41, 5.74) is 1.54. The number of aryl methyl sites for hydroxylation is 1. The number of halogens is 2. The number of nitrogens with zero attached hydrogens (tertiary/aromatic N) is 1. The van der Waals surface area contributed by atoms with Crippen LogP contribution < -0.4 is 10.2 Å². The molecule has 1 heterocycles. The van der Waals surface area contributed by atoms with Crippen LogP contribution in [0.2, 0.25) is 0 Å². The Morgan fingerprint density at radius 2 is 1.78 bits per heavy atom. The predicted octanol–water partition coefficient (Wildman–Crippen LogP) is 3.02. The van der Waals surface area contributed by atoms with E-state index >= 15 is 0 Å². The minimum Gasteiger partial charge on any atom is -0.373 e. The maximum absolute atomic E-state index is 13.8. The third kappa shape index (κ3) is 2.92. The molecule has 23 heavy (non-hydrogen) atoms. The van der Waals surface area contributed by atoms with Crippen LogP contribution in [0.4, 0.5) is 20.2 Å². The zero-order valence-electron chi connectivity index (χ0n) is 12.3. The van der Waals surface area contributed by atoms with Crippen molar-refractivity contribution in [1.82, 2.24) is 0 Å². The number of benzene rings is 2. The van der Waals surface area contributed by atoms with Crippen molar-refractivity contribution in [2.75, 3.05) is 10.2 Å². The van der Waals surface area contributed by atoms with E-state index in [0.717, 1.165) is 22.6 Å². The van der Waals surface area contributed by atoms with Crippen LogP contribution in [0, 0.1) is 18.6 Å². The first-order valence-electron chi connectivity index (χ1n) is 7.11. The Bertz CT molecular complexity index is 775. The lowest BCUT2D eigenvalue weighted by molar-refractivity contribution is -0.121. The van der Waals surface area contributed by atoms with E-state index in [1.807, 2.05) is 19.1 Å². The molecule has 0 saturated carbocycles. The van der Waals surface area contributed by atoms with E-state index < -0.39 is 29.5 Å².